The molecule has 0 bridgehead atoms. The van der Waals surface area contributed by atoms with E-state index in [-0.39, 0.29) is 45.6 Å². The number of hydrogen-bond donors (Lipinski definition) is 0. The van der Waals surface area contributed by atoms with Crippen LogP contribution < -0.4 is 10.2 Å². The van der Waals surface area contributed by atoms with Gasteiger partial charge in [0.05, 0.1) is 0 Å². The predicted octanol–water partition coefficient (Wildman–Crippen LogP) is -3.01. The Labute approximate surface area is 66.8 Å². The molecule has 0 aliphatic heterocycles. The van der Waals surface area contributed by atoms with Crippen LogP contribution in [0.15, 0.2) is 0 Å². The van der Waals surface area contributed by atoms with Gasteiger partial charge in [0.1, 0.15) is 0 Å². The first-order valence-electron chi connectivity index (χ1n) is 0.612. The molecule has 6 heteroatoms. The molecule has 7 heavy (non-hydrogen) atoms. The smallest absolute Gasteiger partial charge is 0.870 e. The van der Waals surface area contributed by atoms with Crippen molar-refractivity contribution in [2.75, 3.05) is 0 Å². The fourth-order valence-corrected chi connectivity index (χ4v) is 0. The van der Waals surface area contributed by atoms with Gasteiger partial charge in [-0.05, 0) is 6.16 Å². The average Bonchev–Trinajstić information content (AvgIpc) is 0.811. The minimum atomic E-state index is -2.33. The van der Waals surface area contributed by atoms with Crippen molar-refractivity contribution in [2.24, 2.45) is 0 Å². The molecule has 0 aromatic carbocycles. The van der Waals surface area contributed by atoms with Crippen molar-refractivity contribution < 1.29 is 37.6 Å². The van der Waals surface area contributed by atoms with Crippen molar-refractivity contribution in [1.82, 2.24) is 0 Å². The van der Waals surface area contributed by atoms with Gasteiger partial charge in [0.15, 0.2) is 0 Å². The first kappa shape index (κ1) is 25.8. The monoisotopic (exact) mass is 164 g/mol. The average molecular weight is 165 g/mol. The van der Waals surface area contributed by atoms with E-state index in [1.54, 1.807) is 0 Å². The van der Waals surface area contributed by atoms with Gasteiger partial charge in [0.2, 0.25) is 0 Å². The van der Waals surface area contributed by atoms with Crippen LogP contribution in [0.3, 0.4) is 0 Å². The molecule has 0 aliphatic carbocycles. The normalized spacial score (nSPS) is 3.43. The van der Waals surface area contributed by atoms with E-state index in [1.165, 1.54) is 0 Å². The molecule has 0 spiro atoms. The van der Waals surface area contributed by atoms with E-state index in [0.29, 0.717) is 0 Å². The molecule has 0 atom stereocenters. The summed E-state index contributed by atoms with van der Waals surface area (Å²) in [7, 11) is 0. The Morgan fingerprint density at radius 1 is 1.29 bits per heavy atom. The van der Waals surface area contributed by atoms with E-state index < -0.39 is 6.16 Å². The molecule has 1 radical (unpaired) electrons. The summed E-state index contributed by atoms with van der Waals surface area (Å²) in [6.45, 7) is 0. The standard InChI is InChI=1S/CH2O3.Cu.Mg.H2O/c2-1(3)4;;;/h(H2,2,3,4);;;1H2/q;2*+2;/p-3. The maximum Gasteiger partial charge on any atom is 2.00 e. The fourth-order valence-electron chi connectivity index (χ4n) is 0. The molecule has 0 aromatic heterocycles. The number of carbonyl (C=O) groups excluding carboxylic acids is 1. The van der Waals surface area contributed by atoms with Crippen molar-refractivity contribution in [3.63, 3.8) is 0 Å². The van der Waals surface area contributed by atoms with E-state index in [1.807, 2.05) is 0 Å². The van der Waals surface area contributed by atoms with Crippen LogP contribution in [0.25, 0.3) is 0 Å². The van der Waals surface area contributed by atoms with Crippen LogP contribution in [0, 0.1) is 0 Å². The van der Waals surface area contributed by atoms with Crippen LogP contribution in [0.2, 0.25) is 0 Å². The summed E-state index contributed by atoms with van der Waals surface area (Å²) in [5, 5.41) is 16.7. The first-order valence-corrected chi connectivity index (χ1v) is 0.612. The largest absolute Gasteiger partial charge is 2.00 e. The Morgan fingerprint density at radius 3 is 1.29 bits per heavy atom. The minimum Gasteiger partial charge on any atom is -0.870 e. The summed E-state index contributed by atoms with van der Waals surface area (Å²) in [4.78, 5) is 8.33. The molecule has 41 valence electrons. The zero-order valence-electron chi connectivity index (χ0n) is 3.18. The van der Waals surface area contributed by atoms with Crippen LogP contribution in [0.1, 0.15) is 0 Å². The van der Waals surface area contributed by atoms with Crippen LogP contribution in [-0.4, -0.2) is 34.7 Å². The van der Waals surface area contributed by atoms with Gasteiger partial charge >= 0.3 is 40.1 Å². The zero-order valence-corrected chi connectivity index (χ0v) is 5.54. The minimum absolute atomic E-state index is 0. The molecule has 0 saturated heterocycles. The summed E-state index contributed by atoms with van der Waals surface area (Å²) in [6, 6.07) is 0. The second kappa shape index (κ2) is 16.0. The molecule has 0 aliphatic rings. The number of carboxylic acid groups (broad SMARTS) is 2. The van der Waals surface area contributed by atoms with E-state index in [2.05, 4.69) is 0 Å². The molecule has 0 unspecified atom stereocenters. The van der Waals surface area contributed by atoms with E-state index >= 15 is 0 Å². The zero-order chi connectivity index (χ0) is 3.58. The van der Waals surface area contributed by atoms with Gasteiger partial charge in [0.25, 0.3) is 0 Å². The van der Waals surface area contributed by atoms with Crippen LogP contribution in [0.4, 0.5) is 4.79 Å². The Kier molecular flexibility index (Phi) is 59.1. The van der Waals surface area contributed by atoms with Crippen LogP contribution in [0.5, 0.6) is 0 Å². The molecule has 0 rings (SSSR count). The van der Waals surface area contributed by atoms with Crippen LogP contribution in [-0.2, 0) is 17.1 Å². The summed E-state index contributed by atoms with van der Waals surface area (Å²) in [5.74, 6) is 0. The molecule has 0 aromatic rings. The molecule has 0 amide bonds. The maximum absolute atomic E-state index is 8.33. The third-order valence-electron chi connectivity index (χ3n) is 0. The second-order valence-corrected chi connectivity index (χ2v) is 0.250. The van der Waals surface area contributed by atoms with Crippen molar-refractivity contribution in [2.45, 2.75) is 0 Å². The number of carbonyl (C=O) groups is 1. The van der Waals surface area contributed by atoms with Gasteiger partial charge in [-0.25, -0.2) is 0 Å². The van der Waals surface area contributed by atoms with Crippen molar-refractivity contribution in [1.29, 1.82) is 0 Å². The first-order chi connectivity index (χ1) is 1.73. The van der Waals surface area contributed by atoms with Gasteiger partial charge < -0.3 is 20.5 Å². The third kappa shape index (κ3) is 500. The molecular formula is CHCuMgO4+. The Hall–Kier alpha value is 0.516. The third-order valence-corrected chi connectivity index (χ3v) is 0. The van der Waals surface area contributed by atoms with E-state index in [9.17, 15) is 0 Å². The predicted molar refractivity (Wildman–Crippen MR) is 13.1 cm³/mol. The topological polar surface area (TPSA) is 93.2 Å². The van der Waals surface area contributed by atoms with Gasteiger partial charge in [0, 0.05) is 0 Å². The Bertz CT molecular complexity index is 34.7. The quantitative estimate of drug-likeness (QED) is 0.357. The SMILES string of the molecule is O=C([O-])[O-].[Cu+2].[Mg+2].[OH-]. The molecule has 4 nitrogen and oxygen atoms in total. The molecule has 0 saturated carbocycles. The molecular weight excluding hydrogens is 164 g/mol. The molecule has 0 fully saturated rings. The molecule has 1 N–H and O–H groups in total. The van der Waals surface area contributed by atoms with Gasteiger partial charge in [-0.2, -0.15) is 0 Å². The molecule has 0 heterocycles. The van der Waals surface area contributed by atoms with Crippen molar-refractivity contribution >= 4 is 29.2 Å². The van der Waals surface area contributed by atoms with Crippen molar-refractivity contribution in [3.8, 4) is 0 Å². The summed E-state index contributed by atoms with van der Waals surface area (Å²) in [5.41, 5.74) is 0. The summed E-state index contributed by atoms with van der Waals surface area (Å²) < 4.78 is 0. The summed E-state index contributed by atoms with van der Waals surface area (Å²) in [6.07, 6.45) is -2.33. The Balaban J connectivity index is -0.0000000150. The van der Waals surface area contributed by atoms with Crippen molar-refractivity contribution in [3.05, 3.63) is 0 Å². The number of rotatable bonds is 0. The Morgan fingerprint density at radius 2 is 1.29 bits per heavy atom. The number of hydrogen-bond acceptors (Lipinski definition) is 4. The van der Waals surface area contributed by atoms with Gasteiger partial charge in [-0.3, -0.25) is 0 Å². The van der Waals surface area contributed by atoms with E-state index in [0.717, 1.165) is 0 Å². The van der Waals surface area contributed by atoms with Gasteiger partial charge in [-0.1, -0.05) is 0 Å². The fraction of sp³-hybridized carbons (Fsp3) is 0. The maximum atomic E-state index is 8.33. The second-order valence-electron chi connectivity index (χ2n) is 0.250. The summed E-state index contributed by atoms with van der Waals surface area (Å²) >= 11 is 0. The van der Waals surface area contributed by atoms with E-state index in [4.69, 9.17) is 15.0 Å². The van der Waals surface area contributed by atoms with Crippen LogP contribution >= 0.6 is 0 Å². The van der Waals surface area contributed by atoms with Gasteiger partial charge in [-0.15, -0.1) is 0 Å².